The number of carbonyl (C=O) groups excluding carboxylic acids is 1. The van der Waals surface area contributed by atoms with Gasteiger partial charge in [0, 0.05) is 36.9 Å². The summed E-state index contributed by atoms with van der Waals surface area (Å²) in [6, 6.07) is 3.71. The van der Waals surface area contributed by atoms with E-state index in [2.05, 4.69) is 10.3 Å². The number of hydrogen-bond donors (Lipinski definition) is 2. The second kappa shape index (κ2) is 8.72. The summed E-state index contributed by atoms with van der Waals surface area (Å²) in [4.78, 5) is 15.6. The summed E-state index contributed by atoms with van der Waals surface area (Å²) in [6.07, 6.45) is 9.14. The molecule has 1 heterocycles. The van der Waals surface area contributed by atoms with E-state index in [1.807, 2.05) is 18.4 Å². The molecule has 0 spiro atoms. The number of rotatable bonds is 7. The van der Waals surface area contributed by atoms with Crippen molar-refractivity contribution < 1.29 is 9.90 Å². The van der Waals surface area contributed by atoms with Gasteiger partial charge in [-0.2, -0.15) is 11.8 Å². The van der Waals surface area contributed by atoms with E-state index in [0.717, 1.165) is 11.3 Å². The molecule has 18 heavy (non-hydrogen) atoms. The number of aliphatic hydroxyl groups is 1. The molecule has 4 nitrogen and oxygen atoms in total. The Balaban J connectivity index is 2.47. The van der Waals surface area contributed by atoms with Gasteiger partial charge in [-0.1, -0.05) is 6.07 Å². The SMILES string of the molecule is CSCC(CCO)NC(=O)/C=C/c1cccnc1. The van der Waals surface area contributed by atoms with Crippen LogP contribution in [0, 0.1) is 0 Å². The topological polar surface area (TPSA) is 62.2 Å². The average Bonchev–Trinajstić information content (AvgIpc) is 2.38. The van der Waals surface area contributed by atoms with E-state index in [1.54, 1.807) is 30.2 Å². The van der Waals surface area contributed by atoms with E-state index in [4.69, 9.17) is 5.11 Å². The number of nitrogens with one attached hydrogen (secondary N) is 1. The van der Waals surface area contributed by atoms with Crippen molar-refractivity contribution in [1.29, 1.82) is 0 Å². The number of thioether (sulfide) groups is 1. The van der Waals surface area contributed by atoms with E-state index >= 15 is 0 Å². The summed E-state index contributed by atoms with van der Waals surface area (Å²) in [5, 5.41) is 11.8. The molecule has 98 valence electrons. The van der Waals surface area contributed by atoms with Gasteiger partial charge in [0.2, 0.25) is 5.91 Å². The van der Waals surface area contributed by atoms with Gasteiger partial charge in [0.1, 0.15) is 0 Å². The molecule has 0 saturated heterocycles. The van der Waals surface area contributed by atoms with Gasteiger partial charge >= 0.3 is 0 Å². The molecule has 1 aromatic heterocycles. The van der Waals surface area contributed by atoms with Crippen molar-refractivity contribution in [3.05, 3.63) is 36.2 Å². The zero-order chi connectivity index (χ0) is 13.2. The highest BCUT2D eigenvalue weighted by Crippen LogP contribution is 2.02. The second-order valence-electron chi connectivity index (χ2n) is 3.79. The molecule has 2 N–H and O–H groups in total. The van der Waals surface area contributed by atoms with Crippen molar-refractivity contribution in [2.75, 3.05) is 18.6 Å². The quantitative estimate of drug-likeness (QED) is 0.731. The molecule has 1 rings (SSSR count). The Hall–Kier alpha value is -1.33. The molecule has 0 fully saturated rings. The normalized spacial score (nSPS) is 12.6. The van der Waals surface area contributed by atoms with E-state index in [0.29, 0.717) is 6.42 Å². The summed E-state index contributed by atoms with van der Waals surface area (Å²) in [5.74, 6) is 0.652. The minimum absolute atomic E-state index is 0.0102. The maximum Gasteiger partial charge on any atom is 0.244 e. The molecule has 1 amide bonds. The van der Waals surface area contributed by atoms with E-state index in [-0.39, 0.29) is 18.6 Å². The van der Waals surface area contributed by atoms with Gasteiger partial charge in [0.05, 0.1) is 0 Å². The zero-order valence-electron chi connectivity index (χ0n) is 10.4. The van der Waals surface area contributed by atoms with Crippen LogP contribution in [0.25, 0.3) is 6.08 Å². The van der Waals surface area contributed by atoms with Crippen LogP contribution >= 0.6 is 11.8 Å². The van der Waals surface area contributed by atoms with Crippen LogP contribution in [0.15, 0.2) is 30.6 Å². The first-order chi connectivity index (χ1) is 8.76. The van der Waals surface area contributed by atoms with Gasteiger partial charge in [0.25, 0.3) is 0 Å². The van der Waals surface area contributed by atoms with Gasteiger partial charge in [0.15, 0.2) is 0 Å². The molecule has 0 aliphatic heterocycles. The first-order valence-electron chi connectivity index (χ1n) is 5.74. The molecular formula is C13H18N2O2S. The number of carbonyl (C=O) groups is 1. The Bertz CT molecular complexity index is 376. The lowest BCUT2D eigenvalue weighted by atomic mass is 10.2. The summed E-state index contributed by atoms with van der Waals surface area (Å²) in [6.45, 7) is 0.0812. The number of aromatic nitrogens is 1. The van der Waals surface area contributed by atoms with Crippen LogP contribution in [-0.4, -0.2) is 40.7 Å². The van der Waals surface area contributed by atoms with Crippen LogP contribution in [0.5, 0.6) is 0 Å². The lowest BCUT2D eigenvalue weighted by molar-refractivity contribution is -0.117. The van der Waals surface area contributed by atoms with E-state index in [9.17, 15) is 4.79 Å². The van der Waals surface area contributed by atoms with Gasteiger partial charge < -0.3 is 10.4 Å². The van der Waals surface area contributed by atoms with Gasteiger partial charge in [-0.15, -0.1) is 0 Å². The summed E-state index contributed by atoms with van der Waals surface area (Å²) >= 11 is 1.65. The molecule has 0 saturated carbocycles. The molecule has 0 aliphatic rings. The van der Waals surface area contributed by atoms with E-state index in [1.165, 1.54) is 6.08 Å². The highest BCUT2D eigenvalue weighted by atomic mass is 32.2. The maximum absolute atomic E-state index is 11.7. The lowest BCUT2D eigenvalue weighted by Crippen LogP contribution is -2.36. The van der Waals surface area contributed by atoms with Crippen LogP contribution in [0.4, 0.5) is 0 Å². The third kappa shape index (κ3) is 5.84. The fraction of sp³-hybridized carbons (Fsp3) is 0.385. The van der Waals surface area contributed by atoms with Gasteiger partial charge in [-0.25, -0.2) is 0 Å². The standard InChI is InChI=1S/C13H18N2O2S/c1-18-10-12(6-8-16)15-13(17)5-4-11-3-2-7-14-9-11/h2-5,7,9,12,16H,6,8,10H2,1H3,(H,15,17)/b5-4+. The van der Waals surface area contributed by atoms with Crippen LogP contribution in [-0.2, 0) is 4.79 Å². The number of nitrogens with zero attached hydrogens (tertiary/aromatic N) is 1. The molecule has 0 aliphatic carbocycles. The smallest absolute Gasteiger partial charge is 0.244 e. The van der Waals surface area contributed by atoms with Crippen molar-refractivity contribution >= 4 is 23.7 Å². The second-order valence-corrected chi connectivity index (χ2v) is 4.70. The largest absolute Gasteiger partial charge is 0.396 e. The minimum Gasteiger partial charge on any atom is -0.396 e. The zero-order valence-corrected chi connectivity index (χ0v) is 11.2. The Morgan fingerprint density at radius 3 is 3.11 bits per heavy atom. The maximum atomic E-state index is 11.7. The Morgan fingerprint density at radius 2 is 2.50 bits per heavy atom. The summed E-state index contributed by atoms with van der Waals surface area (Å²) in [7, 11) is 0. The first-order valence-corrected chi connectivity index (χ1v) is 7.14. The molecule has 0 aromatic carbocycles. The Kier molecular flexibility index (Phi) is 7.13. The van der Waals surface area contributed by atoms with Crippen molar-refractivity contribution in [3.8, 4) is 0 Å². The third-order valence-electron chi connectivity index (χ3n) is 2.30. The first kappa shape index (κ1) is 14.7. The van der Waals surface area contributed by atoms with Crippen LogP contribution in [0.2, 0.25) is 0 Å². The molecule has 0 radical (unpaired) electrons. The van der Waals surface area contributed by atoms with Gasteiger partial charge in [-0.3, -0.25) is 9.78 Å². The summed E-state index contributed by atoms with van der Waals surface area (Å²) in [5.41, 5.74) is 0.885. The van der Waals surface area contributed by atoms with Crippen molar-refractivity contribution in [2.45, 2.75) is 12.5 Å². The van der Waals surface area contributed by atoms with Crippen LogP contribution in [0.1, 0.15) is 12.0 Å². The number of pyridine rings is 1. The fourth-order valence-electron chi connectivity index (χ4n) is 1.45. The third-order valence-corrected chi connectivity index (χ3v) is 3.04. The molecule has 1 aromatic rings. The van der Waals surface area contributed by atoms with Crippen molar-refractivity contribution in [3.63, 3.8) is 0 Å². The molecular weight excluding hydrogens is 248 g/mol. The molecule has 1 atom stereocenters. The predicted molar refractivity (Wildman–Crippen MR) is 75.3 cm³/mol. The average molecular weight is 266 g/mol. The monoisotopic (exact) mass is 266 g/mol. The molecule has 1 unspecified atom stereocenters. The van der Waals surface area contributed by atoms with Crippen LogP contribution in [0.3, 0.4) is 0 Å². The number of aliphatic hydroxyl groups excluding tert-OH is 1. The minimum atomic E-state index is -0.147. The number of amides is 1. The highest BCUT2D eigenvalue weighted by Gasteiger charge is 2.08. The Labute approximate surface area is 112 Å². The van der Waals surface area contributed by atoms with Gasteiger partial charge in [-0.05, 0) is 30.4 Å². The van der Waals surface area contributed by atoms with Crippen molar-refractivity contribution in [2.24, 2.45) is 0 Å². The molecule has 0 bridgehead atoms. The predicted octanol–water partition coefficient (Wildman–Crippen LogP) is 1.32. The van der Waals surface area contributed by atoms with Crippen LogP contribution < -0.4 is 5.32 Å². The van der Waals surface area contributed by atoms with E-state index < -0.39 is 0 Å². The Morgan fingerprint density at radius 1 is 1.67 bits per heavy atom. The fourth-order valence-corrected chi connectivity index (χ4v) is 2.10. The highest BCUT2D eigenvalue weighted by molar-refractivity contribution is 7.98. The molecule has 5 heteroatoms. The van der Waals surface area contributed by atoms with Crippen molar-refractivity contribution in [1.82, 2.24) is 10.3 Å². The summed E-state index contributed by atoms with van der Waals surface area (Å²) < 4.78 is 0. The number of hydrogen-bond acceptors (Lipinski definition) is 4. The lowest BCUT2D eigenvalue weighted by Gasteiger charge is -2.15.